The first kappa shape index (κ1) is 23.6. The van der Waals surface area contributed by atoms with Crippen molar-refractivity contribution in [2.75, 3.05) is 18.0 Å². The number of piperidine rings is 1. The lowest BCUT2D eigenvalue weighted by atomic mass is 9.99. The number of benzene rings is 1. The van der Waals surface area contributed by atoms with Crippen LogP contribution in [0.2, 0.25) is 0 Å². The van der Waals surface area contributed by atoms with Crippen molar-refractivity contribution in [3.05, 3.63) is 42.1 Å². The molecule has 3 atom stereocenters. The number of rotatable bonds is 5. The summed E-state index contributed by atoms with van der Waals surface area (Å²) in [6, 6.07) is 7.20. The Kier molecular flexibility index (Phi) is 6.16. The van der Waals surface area contributed by atoms with Gasteiger partial charge in [-0.05, 0) is 61.9 Å². The smallest absolute Gasteiger partial charge is 0.416 e. The van der Waals surface area contributed by atoms with Crippen molar-refractivity contribution in [1.29, 1.82) is 0 Å². The molecule has 3 unspecified atom stereocenters. The number of anilines is 1. The van der Waals surface area contributed by atoms with Gasteiger partial charge in [-0.15, -0.1) is 0 Å². The average molecular weight is 489 g/mol. The highest BCUT2D eigenvalue weighted by Gasteiger charge is 2.38. The summed E-state index contributed by atoms with van der Waals surface area (Å²) in [5, 5.41) is 9.32. The number of aromatic nitrogens is 3. The maximum Gasteiger partial charge on any atom is 0.416 e. The number of ether oxygens (including phenoxy) is 1. The second-order valence-corrected chi connectivity index (χ2v) is 9.56. The first-order valence-electron chi connectivity index (χ1n) is 11.8. The Hall–Kier alpha value is -3.14. The minimum atomic E-state index is -4.41. The number of alkyl halides is 3. The molecule has 3 heterocycles. The van der Waals surface area contributed by atoms with Gasteiger partial charge in [0.2, 0.25) is 0 Å². The van der Waals surface area contributed by atoms with Gasteiger partial charge in [-0.2, -0.15) is 13.2 Å². The molecular formula is C25H27F3N4O3. The Morgan fingerprint density at radius 1 is 1.14 bits per heavy atom. The third kappa shape index (κ3) is 4.98. The zero-order chi connectivity index (χ0) is 24.7. The molecule has 0 bridgehead atoms. The van der Waals surface area contributed by atoms with Gasteiger partial charge in [0.15, 0.2) is 0 Å². The summed E-state index contributed by atoms with van der Waals surface area (Å²) in [7, 11) is 0. The Bertz CT molecular complexity index is 1200. The molecule has 1 aliphatic heterocycles. The highest BCUT2D eigenvalue weighted by molar-refractivity contribution is 5.80. The Balaban J connectivity index is 1.19. The lowest BCUT2D eigenvalue weighted by Gasteiger charge is -2.34. The molecule has 5 rings (SSSR count). The number of nitrogens with zero attached hydrogens (tertiary/aromatic N) is 3. The lowest BCUT2D eigenvalue weighted by Crippen LogP contribution is -2.38. The molecule has 2 aliphatic rings. The summed E-state index contributed by atoms with van der Waals surface area (Å²) >= 11 is 0. The third-order valence-corrected chi connectivity index (χ3v) is 7.14. The molecule has 1 aromatic carbocycles. The number of H-pyrrole nitrogens is 1. The molecule has 7 nitrogen and oxygen atoms in total. The molecule has 1 aliphatic carbocycles. The van der Waals surface area contributed by atoms with E-state index in [0.29, 0.717) is 28.8 Å². The number of carbonyl (C=O) groups is 1. The SMILES string of the molecule is CC1CC(OC2CCN(c3ccc(-c4nc5ccc(C(F)(F)F)cc5[nH]4)cn3)CC2)CC1C(=O)O. The van der Waals surface area contributed by atoms with Crippen molar-refractivity contribution in [1.82, 2.24) is 15.0 Å². The van der Waals surface area contributed by atoms with Crippen LogP contribution >= 0.6 is 0 Å². The molecule has 35 heavy (non-hydrogen) atoms. The van der Waals surface area contributed by atoms with E-state index < -0.39 is 17.7 Å². The van der Waals surface area contributed by atoms with Crippen LogP contribution in [-0.2, 0) is 15.7 Å². The fourth-order valence-electron chi connectivity index (χ4n) is 5.18. The van der Waals surface area contributed by atoms with Crippen LogP contribution in [0.1, 0.15) is 38.2 Å². The van der Waals surface area contributed by atoms with Crippen LogP contribution in [0.5, 0.6) is 0 Å². The fourth-order valence-corrected chi connectivity index (χ4v) is 5.18. The number of hydrogen-bond acceptors (Lipinski definition) is 5. The van der Waals surface area contributed by atoms with Crippen LogP contribution in [0.15, 0.2) is 36.5 Å². The van der Waals surface area contributed by atoms with Crippen LogP contribution in [0.25, 0.3) is 22.4 Å². The van der Waals surface area contributed by atoms with E-state index in [1.165, 1.54) is 6.07 Å². The number of carboxylic acids is 1. The second-order valence-electron chi connectivity index (χ2n) is 9.56. The average Bonchev–Trinajstić information content (AvgIpc) is 3.42. The summed E-state index contributed by atoms with van der Waals surface area (Å²) in [4.78, 5) is 25.4. The Labute approximate surface area is 200 Å². The topological polar surface area (TPSA) is 91.3 Å². The molecule has 1 saturated heterocycles. The maximum absolute atomic E-state index is 13.0. The number of hydrogen-bond donors (Lipinski definition) is 2. The van der Waals surface area contributed by atoms with Gasteiger partial charge in [0, 0.05) is 24.8 Å². The summed E-state index contributed by atoms with van der Waals surface area (Å²) in [6.07, 6.45) is 0.458. The number of pyridine rings is 1. The molecule has 3 aromatic rings. The van der Waals surface area contributed by atoms with E-state index in [1.807, 2.05) is 19.1 Å². The van der Waals surface area contributed by atoms with E-state index in [-0.39, 0.29) is 24.0 Å². The minimum absolute atomic E-state index is 0.0103. The van der Waals surface area contributed by atoms with Gasteiger partial charge >= 0.3 is 12.1 Å². The van der Waals surface area contributed by atoms with Crippen molar-refractivity contribution in [2.45, 2.75) is 51.0 Å². The predicted octanol–water partition coefficient (Wildman–Crippen LogP) is 5.13. The molecule has 1 saturated carbocycles. The van der Waals surface area contributed by atoms with Crippen molar-refractivity contribution in [2.24, 2.45) is 11.8 Å². The summed E-state index contributed by atoms with van der Waals surface area (Å²) in [6.45, 7) is 3.55. The number of fused-ring (bicyclic) bond motifs is 1. The van der Waals surface area contributed by atoms with Gasteiger partial charge in [-0.1, -0.05) is 6.92 Å². The van der Waals surface area contributed by atoms with Crippen molar-refractivity contribution in [3.8, 4) is 11.4 Å². The fraction of sp³-hybridized carbons (Fsp3) is 0.480. The van der Waals surface area contributed by atoms with Crippen LogP contribution in [0.4, 0.5) is 19.0 Å². The van der Waals surface area contributed by atoms with Crippen LogP contribution < -0.4 is 4.90 Å². The van der Waals surface area contributed by atoms with Crippen LogP contribution in [-0.4, -0.2) is 51.3 Å². The zero-order valence-corrected chi connectivity index (χ0v) is 19.3. The molecule has 10 heteroatoms. The van der Waals surface area contributed by atoms with E-state index in [1.54, 1.807) is 6.20 Å². The molecule has 0 spiro atoms. The number of carboxylic acid groups (broad SMARTS) is 1. The van der Waals surface area contributed by atoms with Crippen LogP contribution in [0, 0.1) is 11.8 Å². The lowest BCUT2D eigenvalue weighted by molar-refractivity contribution is -0.143. The molecule has 186 valence electrons. The molecule has 2 N–H and O–H groups in total. The molecule has 0 radical (unpaired) electrons. The number of halogens is 3. The molecule has 2 aromatic heterocycles. The minimum Gasteiger partial charge on any atom is -0.481 e. The van der Waals surface area contributed by atoms with E-state index in [0.717, 1.165) is 50.3 Å². The second kappa shape index (κ2) is 9.14. The Morgan fingerprint density at radius 3 is 2.54 bits per heavy atom. The molecular weight excluding hydrogens is 461 g/mol. The van der Waals surface area contributed by atoms with Crippen molar-refractivity contribution >= 4 is 22.8 Å². The Morgan fingerprint density at radius 2 is 1.91 bits per heavy atom. The van der Waals surface area contributed by atoms with Crippen molar-refractivity contribution < 1.29 is 27.8 Å². The third-order valence-electron chi connectivity index (χ3n) is 7.14. The summed E-state index contributed by atoms with van der Waals surface area (Å²) < 4.78 is 45.2. The standard InChI is InChI=1S/C25H27F3N4O3/c1-14-10-18(12-19(14)24(33)34)35-17-6-8-32(9-7-17)22-5-2-15(13-29-22)23-30-20-4-3-16(25(26,27)28)11-21(20)31-23/h2-5,11,13-14,17-19H,6-10,12H2,1H3,(H,30,31)(H,33,34). The van der Waals surface area contributed by atoms with Gasteiger partial charge in [0.1, 0.15) is 11.6 Å². The highest BCUT2D eigenvalue weighted by Crippen LogP contribution is 2.36. The van der Waals surface area contributed by atoms with E-state index in [9.17, 15) is 23.1 Å². The first-order chi connectivity index (χ1) is 16.7. The van der Waals surface area contributed by atoms with Gasteiger partial charge < -0.3 is 19.7 Å². The number of nitrogens with one attached hydrogen (secondary N) is 1. The van der Waals surface area contributed by atoms with Crippen LogP contribution in [0.3, 0.4) is 0 Å². The predicted molar refractivity (Wildman–Crippen MR) is 124 cm³/mol. The summed E-state index contributed by atoms with van der Waals surface area (Å²) in [5.74, 6) is 0.376. The van der Waals surface area contributed by atoms with Gasteiger partial charge in [-0.25, -0.2) is 9.97 Å². The largest absolute Gasteiger partial charge is 0.481 e. The van der Waals surface area contributed by atoms with E-state index in [2.05, 4.69) is 19.9 Å². The normalized spacial score (nSPS) is 23.8. The number of aromatic amines is 1. The van der Waals surface area contributed by atoms with Gasteiger partial charge in [-0.3, -0.25) is 4.79 Å². The maximum atomic E-state index is 13.0. The number of aliphatic carboxylic acids is 1. The van der Waals surface area contributed by atoms with Gasteiger partial charge in [0.25, 0.3) is 0 Å². The van der Waals surface area contributed by atoms with Gasteiger partial charge in [0.05, 0.1) is 34.7 Å². The highest BCUT2D eigenvalue weighted by atomic mass is 19.4. The number of imidazole rings is 1. The molecule has 0 amide bonds. The molecule has 2 fully saturated rings. The van der Waals surface area contributed by atoms with E-state index in [4.69, 9.17) is 4.74 Å². The quantitative estimate of drug-likeness (QED) is 0.518. The van der Waals surface area contributed by atoms with E-state index >= 15 is 0 Å². The zero-order valence-electron chi connectivity index (χ0n) is 19.3. The van der Waals surface area contributed by atoms with Crippen molar-refractivity contribution in [3.63, 3.8) is 0 Å². The summed E-state index contributed by atoms with van der Waals surface area (Å²) in [5.41, 5.74) is 0.767. The first-order valence-corrected chi connectivity index (χ1v) is 11.8. The monoisotopic (exact) mass is 488 g/mol.